The van der Waals surface area contributed by atoms with Crippen LogP contribution in [0.5, 0.6) is 5.75 Å². The SMILES string of the molecule is Cc1cc(OCCCn2c(CCCNC(=O)c3ccccc3F)nc3ccccc32)ccc1Cl. The molecule has 0 saturated heterocycles. The van der Waals surface area contributed by atoms with Crippen LogP contribution in [0.25, 0.3) is 11.0 Å². The fraction of sp³-hybridized carbons (Fsp3) is 0.259. The van der Waals surface area contributed by atoms with Crippen molar-refractivity contribution in [3.8, 4) is 5.75 Å². The first-order valence-electron chi connectivity index (χ1n) is 11.4. The molecule has 5 nitrogen and oxygen atoms in total. The summed E-state index contributed by atoms with van der Waals surface area (Å²) in [6.07, 6.45) is 2.21. The third-order valence-electron chi connectivity index (χ3n) is 5.64. The highest BCUT2D eigenvalue weighted by molar-refractivity contribution is 6.31. The molecule has 0 radical (unpaired) electrons. The Labute approximate surface area is 203 Å². The molecule has 3 aromatic carbocycles. The number of nitrogens with one attached hydrogen (secondary N) is 1. The number of carbonyl (C=O) groups excluding carboxylic acids is 1. The van der Waals surface area contributed by atoms with Crippen molar-refractivity contribution in [2.75, 3.05) is 13.2 Å². The molecule has 0 spiro atoms. The van der Waals surface area contributed by atoms with E-state index in [2.05, 4.69) is 16.0 Å². The summed E-state index contributed by atoms with van der Waals surface area (Å²) in [5.41, 5.74) is 3.08. The van der Waals surface area contributed by atoms with Gasteiger partial charge >= 0.3 is 0 Å². The third-order valence-corrected chi connectivity index (χ3v) is 6.06. The van der Waals surface area contributed by atoms with Crippen LogP contribution in [-0.2, 0) is 13.0 Å². The number of fused-ring (bicyclic) bond motifs is 1. The van der Waals surface area contributed by atoms with E-state index >= 15 is 0 Å². The molecule has 1 aromatic heterocycles. The second kappa shape index (κ2) is 11.2. The Morgan fingerprint density at radius 2 is 1.88 bits per heavy atom. The Bertz CT molecular complexity index is 1290. The first-order valence-corrected chi connectivity index (χ1v) is 11.8. The van der Waals surface area contributed by atoms with Crippen LogP contribution in [-0.4, -0.2) is 28.6 Å². The van der Waals surface area contributed by atoms with E-state index in [9.17, 15) is 9.18 Å². The summed E-state index contributed by atoms with van der Waals surface area (Å²) in [6, 6.07) is 19.7. The number of carbonyl (C=O) groups is 1. The van der Waals surface area contributed by atoms with Crippen LogP contribution in [0.3, 0.4) is 0 Å². The Morgan fingerprint density at radius 1 is 1.09 bits per heavy atom. The maximum absolute atomic E-state index is 13.8. The molecule has 7 heteroatoms. The van der Waals surface area contributed by atoms with E-state index < -0.39 is 11.7 Å². The maximum atomic E-state index is 13.8. The summed E-state index contributed by atoms with van der Waals surface area (Å²) in [7, 11) is 0. The number of hydrogen-bond donors (Lipinski definition) is 1. The molecule has 1 heterocycles. The first-order chi connectivity index (χ1) is 16.5. The monoisotopic (exact) mass is 479 g/mol. The van der Waals surface area contributed by atoms with Gasteiger partial charge in [0.25, 0.3) is 5.91 Å². The lowest BCUT2D eigenvalue weighted by Crippen LogP contribution is -2.25. The Hall–Kier alpha value is -3.38. The van der Waals surface area contributed by atoms with E-state index in [-0.39, 0.29) is 5.56 Å². The molecule has 0 atom stereocenters. The predicted octanol–water partition coefficient (Wildman–Crippen LogP) is 5.97. The summed E-state index contributed by atoms with van der Waals surface area (Å²) < 4.78 is 21.9. The molecular formula is C27H27ClFN3O2. The van der Waals surface area contributed by atoms with Crippen LogP contribution in [0.4, 0.5) is 4.39 Å². The largest absolute Gasteiger partial charge is 0.494 e. The van der Waals surface area contributed by atoms with Crippen molar-refractivity contribution in [3.05, 3.63) is 94.5 Å². The number of rotatable bonds is 10. The van der Waals surface area contributed by atoms with Gasteiger partial charge in [-0.05, 0) is 67.8 Å². The molecule has 4 aromatic rings. The van der Waals surface area contributed by atoms with Gasteiger partial charge in [0.15, 0.2) is 0 Å². The number of hydrogen-bond acceptors (Lipinski definition) is 3. The standard InChI is InChI=1S/C27H27ClFN3O2/c1-19-18-20(13-14-22(19)28)34-17-7-16-32-25-11-5-4-10-24(25)31-26(32)12-6-15-30-27(33)21-8-2-3-9-23(21)29/h2-5,8-11,13-14,18H,6-7,12,15-17H2,1H3,(H,30,33). The van der Waals surface area contributed by atoms with Crippen molar-refractivity contribution < 1.29 is 13.9 Å². The number of ether oxygens (including phenoxy) is 1. The Morgan fingerprint density at radius 3 is 2.71 bits per heavy atom. The van der Waals surface area contributed by atoms with Gasteiger partial charge in [-0.1, -0.05) is 35.9 Å². The minimum atomic E-state index is -0.516. The number of benzene rings is 3. The zero-order valence-electron chi connectivity index (χ0n) is 19.1. The van der Waals surface area contributed by atoms with Gasteiger partial charge in [0.2, 0.25) is 0 Å². The van der Waals surface area contributed by atoms with Crippen molar-refractivity contribution in [3.63, 3.8) is 0 Å². The summed E-state index contributed by atoms with van der Waals surface area (Å²) in [5.74, 6) is 0.853. The van der Waals surface area contributed by atoms with Gasteiger partial charge in [0, 0.05) is 24.5 Å². The van der Waals surface area contributed by atoms with E-state index in [1.807, 2.05) is 43.3 Å². The highest BCUT2D eigenvalue weighted by Crippen LogP contribution is 2.22. The molecule has 1 N–H and O–H groups in total. The quantitative estimate of drug-likeness (QED) is 0.285. The average Bonchev–Trinajstić information content (AvgIpc) is 3.19. The van der Waals surface area contributed by atoms with Crippen molar-refractivity contribution in [1.82, 2.24) is 14.9 Å². The highest BCUT2D eigenvalue weighted by Gasteiger charge is 2.12. The second-order valence-electron chi connectivity index (χ2n) is 8.12. The smallest absolute Gasteiger partial charge is 0.254 e. The molecule has 0 aliphatic carbocycles. The molecule has 0 saturated carbocycles. The summed E-state index contributed by atoms with van der Waals surface area (Å²) >= 11 is 6.08. The van der Waals surface area contributed by atoms with Crippen molar-refractivity contribution in [2.24, 2.45) is 0 Å². The van der Waals surface area contributed by atoms with Crippen molar-refractivity contribution >= 4 is 28.5 Å². The van der Waals surface area contributed by atoms with Gasteiger partial charge < -0.3 is 14.6 Å². The first kappa shape index (κ1) is 23.8. The van der Waals surface area contributed by atoms with Crippen LogP contribution < -0.4 is 10.1 Å². The predicted molar refractivity (Wildman–Crippen MR) is 133 cm³/mol. The minimum absolute atomic E-state index is 0.0608. The van der Waals surface area contributed by atoms with Crippen LogP contribution >= 0.6 is 11.6 Å². The third kappa shape index (κ3) is 5.75. The number of nitrogens with zero attached hydrogens (tertiary/aromatic N) is 2. The van der Waals surface area contributed by atoms with Crippen LogP contribution in [0.2, 0.25) is 5.02 Å². The Kier molecular flexibility index (Phi) is 7.80. The molecular weight excluding hydrogens is 453 g/mol. The summed E-state index contributed by atoms with van der Waals surface area (Å²) in [4.78, 5) is 17.0. The molecule has 0 aliphatic heterocycles. The lowest BCUT2D eigenvalue weighted by Gasteiger charge is -2.11. The zero-order valence-corrected chi connectivity index (χ0v) is 19.8. The molecule has 0 aliphatic rings. The van der Waals surface area contributed by atoms with Gasteiger partial charge in [-0.25, -0.2) is 9.37 Å². The van der Waals surface area contributed by atoms with Gasteiger partial charge in [-0.15, -0.1) is 0 Å². The van der Waals surface area contributed by atoms with Crippen LogP contribution in [0, 0.1) is 12.7 Å². The number of para-hydroxylation sites is 2. The molecule has 0 unspecified atom stereocenters. The van der Waals surface area contributed by atoms with E-state index in [0.717, 1.165) is 46.2 Å². The molecule has 1 amide bonds. The van der Waals surface area contributed by atoms with Crippen LogP contribution in [0.1, 0.15) is 34.6 Å². The lowest BCUT2D eigenvalue weighted by atomic mass is 10.2. The van der Waals surface area contributed by atoms with Crippen molar-refractivity contribution in [1.29, 1.82) is 0 Å². The summed E-state index contributed by atoms with van der Waals surface area (Å²) in [6.45, 7) is 3.74. The number of halogens is 2. The zero-order chi connectivity index (χ0) is 23.9. The van der Waals surface area contributed by atoms with E-state index in [1.165, 1.54) is 12.1 Å². The number of amides is 1. The van der Waals surface area contributed by atoms with E-state index in [1.54, 1.807) is 12.1 Å². The normalized spacial score (nSPS) is 11.0. The van der Waals surface area contributed by atoms with Gasteiger partial charge in [0.1, 0.15) is 17.4 Å². The highest BCUT2D eigenvalue weighted by atomic mass is 35.5. The van der Waals surface area contributed by atoms with Gasteiger partial charge in [-0.3, -0.25) is 4.79 Å². The molecule has 4 rings (SSSR count). The molecule has 176 valence electrons. The van der Waals surface area contributed by atoms with Crippen LogP contribution in [0.15, 0.2) is 66.7 Å². The number of imidazole rings is 1. The minimum Gasteiger partial charge on any atom is -0.494 e. The van der Waals surface area contributed by atoms with Crippen molar-refractivity contribution in [2.45, 2.75) is 32.7 Å². The molecule has 0 bridgehead atoms. The second-order valence-corrected chi connectivity index (χ2v) is 8.53. The topological polar surface area (TPSA) is 56.1 Å². The lowest BCUT2D eigenvalue weighted by molar-refractivity contribution is 0.0949. The summed E-state index contributed by atoms with van der Waals surface area (Å²) in [5, 5.41) is 3.53. The molecule has 0 fully saturated rings. The fourth-order valence-corrected chi connectivity index (χ4v) is 3.99. The molecule has 34 heavy (non-hydrogen) atoms. The number of aromatic nitrogens is 2. The van der Waals surface area contributed by atoms with Gasteiger partial charge in [-0.2, -0.15) is 0 Å². The average molecular weight is 480 g/mol. The van der Waals surface area contributed by atoms with Gasteiger partial charge in [0.05, 0.1) is 23.2 Å². The number of aryl methyl sites for hydroxylation is 3. The van der Waals surface area contributed by atoms with E-state index in [0.29, 0.717) is 26.0 Å². The fourth-order valence-electron chi connectivity index (χ4n) is 3.87. The Balaban J connectivity index is 1.33. The maximum Gasteiger partial charge on any atom is 0.254 e. The van der Waals surface area contributed by atoms with E-state index in [4.69, 9.17) is 21.3 Å².